The van der Waals surface area contributed by atoms with Gasteiger partial charge in [-0.3, -0.25) is 9.79 Å². The lowest BCUT2D eigenvalue weighted by atomic mass is 9.67. The van der Waals surface area contributed by atoms with Gasteiger partial charge < -0.3 is 14.6 Å². The van der Waals surface area contributed by atoms with Gasteiger partial charge in [0, 0.05) is 36.4 Å². The Bertz CT molecular complexity index is 827. The average Bonchev–Trinajstić information content (AvgIpc) is 2.79. The van der Waals surface area contributed by atoms with Crippen molar-refractivity contribution in [3.05, 3.63) is 64.5 Å². The minimum atomic E-state index is -0.469. The Hall–Kier alpha value is -2.24. The van der Waals surface area contributed by atoms with Crippen molar-refractivity contribution in [3.63, 3.8) is 0 Å². The molecule has 0 amide bonds. The molecule has 0 aromatic heterocycles. The van der Waals surface area contributed by atoms with E-state index in [0.717, 1.165) is 28.1 Å². The van der Waals surface area contributed by atoms with Crippen LogP contribution in [0.4, 0.5) is 0 Å². The highest BCUT2D eigenvalue weighted by Gasteiger charge is 2.56. The zero-order valence-electron chi connectivity index (χ0n) is 12.6. The minimum Gasteiger partial charge on any atom is -0.622 e. The fourth-order valence-electron chi connectivity index (χ4n) is 4.44. The molecule has 116 valence electrons. The standard InChI is InChI=1S/C18H16N2O3/c21-14-1-4-18-11-20(22)9-13-10-23-6-3-12(13)7-16(20)15(18)2-5-19-17(18)8-14/h2-3,5-7,9H,1,4,8,10-11H2. The number of aliphatic imine (C=N–C) groups is 1. The van der Waals surface area contributed by atoms with E-state index >= 15 is 0 Å². The maximum atomic E-state index is 13.5. The summed E-state index contributed by atoms with van der Waals surface area (Å²) in [6.45, 7) is 0.848. The van der Waals surface area contributed by atoms with Gasteiger partial charge in [0.25, 0.3) is 0 Å². The summed E-state index contributed by atoms with van der Waals surface area (Å²) in [6.07, 6.45) is 12.6. The van der Waals surface area contributed by atoms with Gasteiger partial charge in [0.15, 0.2) is 0 Å². The number of fused-ring (bicyclic) bond motifs is 2. The van der Waals surface area contributed by atoms with Crippen LogP contribution in [0.15, 0.2) is 64.3 Å². The fourth-order valence-corrected chi connectivity index (χ4v) is 4.44. The zero-order valence-corrected chi connectivity index (χ0v) is 12.6. The van der Waals surface area contributed by atoms with Crippen molar-refractivity contribution < 1.29 is 14.2 Å². The highest BCUT2D eigenvalue weighted by molar-refractivity contribution is 6.10. The van der Waals surface area contributed by atoms with Crippen LogP contribution in [-0.2, 0) is 9.53 Å². The summed E-state index contributed by atoms with van der Waals surface area (Å²) >= 11 is 0. The highest BCUT2D eigenvalue weighted by Crippen LogP contribution is 2.54. The van der Waals surface area contributed by atoms with Gasteiger partial charge in [-0.1, -0.05) is 0 Å². The van der Waals surface area contributed by atoms with Crippen molar-refractivity contribution in [2.45, 2.75) is 19.3 Å². The summed E-state index contributed by atoms with van der Waals surface area (Å²) in [6, 6.07) is 0. The lowest BCUT2D eigenvalue weighted by Crippen LogP contribution is -2.46. The molecule has 5 rings (SSSR count). The van der Waals surface area contributed by atoms with Crippen LogP contribution in [0.3, 0.4) is 0 Å². The molecule has 5 heteroatoms. The Morgan fingerprint density at radius 2 is 2.26 bits per heavy atom. The Kier molecular flexibility index (Phi) is 2.41. The molecule has 0 radical (unpaired) electrons. The number of hydroxylamine groups is 3. The molecule has 4 aliphatic heterocycles. The van der Waals surface area contributed by atoms with E-state index in [1.807, 2.05) is 18.2 Å². The van der Waals surface area contributed by atoms with Gasteiger partial charge in [-0.25, -0.2) is 0 Å². The lowest BCUT2D eigenvalue weighted by Gasteiger charge is -2.42. The largest absolute Gasteiger partial charge is 0.622 e. The van der Waals surface area contributed by atoms with Crippen LogP contribution >= 0.6 is 0 Å². The van der Waals surface area contributed by atoms with Gasteiger partial charge in [0.2, 0.25) is 0 Å². The van der Waals surface area contributed by atoms with Gasteiger partial charge in [0.1, 0.15) is 30.8 Å². The molecular weight excluding hydrogens is 292 g/mol. The molecule has 2 unspecified atom stereocenters. The molecule has 1 saturated carbocycles. The van der Waals surface area contributed by atoms with Gasteiger partial charge >= 0.3 is 0 Å². The SMILES string of the molecule is O=C1CCC23C[N+]4([O-])C=C5COC=CC5=CC4=C2C=CN=C3C1. The number of quaternary nitrogens is 1. The number of ketones is 1. The second-order valence-corrected chi connectivity index (χ2v) is 6.81. The Morgan fingerprint density at radius 3 is 3.17 bits per heavy atom. The van der Waals surface area contributed by atoms with Crippen molar-refractivity contribution in [2.75, 3.05) is 13.2 Å². The summed E-state index contributed by atoms with van der Waals surface area (Å²) in [5.41, 5.74) is 4.32. The van der Waals surface area contributed by atoms with E-state index in [2.05, 4.69) is 4.99 Å². The van der Waals surface area contributed by atoms with Crippen LogP contribution in [0.25, 0.3) is 0 Å². The van der Waals surface area contributed by atoms with Crippen molar-refractivity contribution in [1.82, 2.24) is 0 Å². The first-order chi connectivity index (χ1) is 11.1. The molecule has 0 saturated heterocycles. The van der Waals surface area contributed by atoms with E-state index in [4.69, 9.17) is 4.74 Å². The lowest BCUT2D eigenvalue weighted by molar-refractivity contribution is -0.784. The topological polar surface area (TPSA) is 61.7 Å². The Labute approximate surface area is 133 Å². The molecule has 2 atom stereocenters. The summed E-state index contributed by atoms with van der Waals surface area (Å²) in [5, 5.41) is 13.5. The maximum Gasteiger partial charge on any atom is 0.142 e. The fraction of sp³-hybridized carbons (Fsp3) is 0.333. The van der Waals surface area contributed by atoms with E-state index in [0.29, 0.717) is 32.4 Å². The normalized spacial score (nSPS) is 37.1. The first kappa shape index (κ1) is 13.2. The summed E-state index contributed by atoms with van der Waals surface area (Å²) in [4.78, 5) is 16.3. The van der Waals surface area contributed by atoms with Crippen LogP contribution in [0, 0.1) is 10.6 Å². The number of nitrogens with zero attached hydrogens (tertiary/aromatic N) is 2. The number of Topliss-reactive ketones (excluding diaryl/α,β-unsaturated/α-hetero) is 1. The molecule has 4 heterocycles. The highest BCUT2D eigenvalue weighted by atomic mass is 16.5. The number of hydrogen-bond donors (Lipinski definition) is 0. The van der Waals surface area contributed by atoms with E-state index in [9.17, 15) is 10.0 Å². The maximum absolute atomic E-state index is 13.5. The second-order valence-electron chi connectivity index (χ2n) is 6.81. The minimum absolute atomic E-state index is 0.220. The summed E-state index contributed by atoms with van der Waals surface area (Å²) < 4.78 is 4.86. The van der Waals surface area contributed by atoms with Crippen LogP contribution < -0.4 is 0 Å². The van der Waals surface area contributed by atoms with E-state index in [-0.39, 0.29) is 11.2 Å². The van der Waals surface area contributed by atoms with Crippen molar-refractivity contribution in [2.24, 2.45) is 10.4 Å². The zero-order chi connectivity index (χ0) is 15.7. The number of hydrogen-bond acceptors (Lipinski definition) is 4. The van der Waals surface area contributed by atoms with Crippen LogP contribution in [0.2, 0.25) is 0 Å². The molecule has 1 spiro atoms. The van der Waals surface area contributed by atoms with Crippen LogP contribution in [-0.4, -0.2) is 29.3 Å². The number of carbonyl (C=O) groups is 1. The summed E-state index contributed by atoms with van der Waals surface area (Å²) in [7, 11) is 0. The molecule has 5 nitrogen and oxygen atoms in total. The van der Waals surface area contributed by atoms with E-state index in [1.54, 1.807) is 18.7 Å². The predicted octanol–water partition coefficient (Wildman–Crippen LogP) is 2.64. The van der Waals surface area contributed by atoms with E-state index < -0.39 is 4.65 Å². The molecular formula is C18H16N2O3. The Balaban J connectivity index is 1.71. The van der Waals surface area contributed by atoms with Crippen molar-refractivity contribution >= 4 is 11.5 Å². The molecule has 0 N–H and O–H groups in total. The van der Waals surface area contributed by atoms with Crippen molar-refractivity contribution in [3.8, 4) is 0 Å². The number of allylic oxidation sites excluding steroid dienone is 3. The summed E-state index contributed by atoms with van der Waals surface area (Å²) in [5.74, 6) is 0.220. The second kappa shape index (κ2) is 4.19. The molecule has 0 bridgehead atoms. The predicted molar refractivity (Wildman–Crippen MR) is 84.6 cm³/mol. The number of ether oxygens (including phenoxy) is 1. The van der Waals surface area contributed by atoms with Gasteiger partial charge in [-0.15, -0.1) is 0 Å². The van der Waals surface area contributed by atoms with Crippen LogP contribution in [0.5, 0.6) is 0 Å². The Morgan fingerprint density at radius 1 is 1.35 bits per heavy atom. The number of rotatable bonds is 0. The first-order valence-electron chi connectivity index (χ1n) is 7.92. The molecule has 1 aliphatic carbocycles. The molecule has 1 fully saturated rings. The molecule has 23 heavy (non-hydrogen) atoms. The number of carbonyl (C=O) groups excluding carboxylic acids is 1. The monoisotopic (exact) mass is 308 g/mol. The van der Waals surface area contributed by atoms with Gasteiger partial charge in [-0.2, -0.15) is 0 Å². The molecule has 0 aromatic rings. The first-order valence-corrected chi connectivity index (χ1v) is 7.92. The van der Waals surface area contributed by atoms with E-state index in [1.165, 1.54) is 0 Å². The van der Waals surface area contributed by atoms with Gasteiger partial charge in [-0.05, 0) is 24.1 Å². The van der Waals surface area contributed by atoms with Crippen molar-refractivity contribution in [1.29, 1.82) is 0 Å². The third kappa shape index (κ3) is 1.63. The molecule has 0 aromatic carbocycles. The molecule has 5 aliphatic rings. The smallest absolute Gasteiger partial charge is 0.142 e. The average molecular weight is 308 g/mol. The quantitative estimate of drug-likeness (QED) is 0.510. The van der Waals surface area contributed by atoms with Gasteiger partial charge in [0.05, 0.1) is 17.3 Å². The van der Waals surface area contributed by atoms with Crippen LogP contribution in [0.1, 0.15) is 19.3 Å². The third-order valence-corrected chi connectivity index (χ3v) is 5.53. The third-order valence-electron chi connectivity index (χ3n) is 5.53.